The molecule has 1 aromatic heterocycles. The molecule has 2 N–H and O–H groups in total. The number of hydrogen-bond acceptors (Lipinski definition) is 6. The lowest BCUT2D eigenvalue weighted by Crippen LogP contribution is -2.28. The molecule has 26 heavy (non-hydrogen) atoms. The molecule has 0 unspecified atom stereocenters. The molecule has 1 saturated heterocycles. The topological polar surface area (TPSA) is 96.1 Å². The summed E-state index contributed by atoms with van der Waals surface area (Å²) in [4.78, 5) is 24.1. The van der Waals surface area contributed by atoms with Crippen LogP contribution in [0.2, 0.25) is 10.0 Å². The summed E-state index contributed by atoms with van der Waals surface area (Å²) >= 11 is 13.1. The largest absolute Gasteiger partial charge is 0.463 e. The summed E-state index contributed by atoms with van der Waals surface area (Å²) in [6, 6.07) is 8.36. The van der Waals surface area contributed by atoms with E-state index in [1.807, 2.05) is 0 Å². The fraction of sp³-hybridized carbons (Fsp3) is 0.125. The van der Waals surface area contributed by atoms with Gasteiger partial charge in [0.15, 0.2) is 5.17 Å². The molecule has 134 valence electrons. The molecule has 0 bridgehead atoms. The maximum atomic E-state index is 12.2. The van der Waals surface area contributed by atoms with Crippen molar-refractivity contribution in [3.8, 4) is 0 Å². The van der Waals surface area contributed by atoms with Crippen molar-refractivity contribution in [1.82, 2.24) is 5.32 Å². The fourth-order valence-electron chi connectivity index (χ4n) is 2.06. The Morgan fingerprint density at radius 3 is 2.96 bits per heavy atom. The van der Waals surface area contributed by atoms with Gasteiger partial charge in [0.2, 0.25) is 11.8 Å². The lowest BCUT2D eigenvalue weighted by Gasteiger charge is -2.09. The van der Waals surface area contributed by atoms with Gasteiger partial charge in [-0.25, -0.2) is 0 Å². The van der Waals surface area contributed by atoms with Gasteiger partial charge in [-0.05, 0) is 24.3 Å². The van der Waals surface area contributed by atoms with E-state index in [9.17, 15) is 9.59 Å². The molecule has 2 aromatic rings. The Labute approximate surface area is 162 Å². The van der Waals surface area contributed by atoms with Crippen LogP contribution in [0.15, 0.2) is 51.2 Å². The molecule has 7 nitrogen and oxygen atoms in total. The Morgan fingerprint density at radius 2 is 2.19 bits per heavy atom. The maximum Gasteiger partial charge on any atom is 0.240 e. The molecular formula is C16H12Cl2N4O3S. The van der Waals surface area contributed by atoms with E-state index >= 15 is 0 Å². The first kappa shape index (κ1) is 18.5. The molecule has 2 amide bonds. The molecule has 1 fully saturated rings. The van der Waals surface area contributed by atoms with E-state index in [-0.39, 0.29) is 23.3 Å². The lowest BCUT2D eigenvalue weighted by molar-refractivity contribution is -0.122. The van der Waals surface area contributed by atoms with Crippen molar-refractivity contribution in [2.45, 2.75) is 11.7 Å². The quantitative estimate of drug-likeness (QED) is 0.581. The monoisotopic (exact) mass is 410 g/mol. The first-order valence-corrected chi connectivity index (χ1v) is 9.02. The molecule has 0 aliphatic carbocycles. The van der Waals surface area contributed by atoms with Crippen molar-refractivity contribution in [2.75, 3.05) is 5.32 Å². The second kappa shape index (κ2) is 8.39. The van der Waals surface area contributed by atoms with Gasteiger partial charge in [0.1, 0.15) is 11.0 Å². The van der Waals surface area contributed by atoms with Gasteiger partial charge >= 0.3 is 0 Å². The van der Waals surface area contributed by atoms with E-state index in [0.29, 0.717) is 21.6 Å². The van der Waals surface area contributed by atoms with Crippen LogP contribution in [0.1, 0.15) is 12.2 Å². The molecule has 1 aliphatic rings. The van der Waals surface area contributed by atoms with Gasteiger partial charge in [0.25, 0.3) is 0 Å². The number of anilines is 1. The Kier molecular flexibility index (Phi) is 5.97. The number of thioether (sulfide) groups is 1. The van der Waals surface area contributed by atoms with Crippen LogP contribution in [-0.2, 0) is 9.59 Å². The van der Waals surface area contributed by atoms with Gasteiger partial charge < -0.3 is 15.1 Å². The first-order chi connectivity index (χ1) is 12.5. The fourth-order valence-corrected chi connectivity index (χ4v) is 3.33. The predicted molar refractivity (Wildman–Crippen MR) is 103 cm³/mol. The first-order valence-electron chi connectivity index (χ1n) is 7.39. The van der Waals surface area contributed by atoms with Crippen molar-refractivity contribution in [3.05, 3.63) is 52.4 Å². The number of furan rings is 1. The lowest BCUT2D eigenvalue weighted by atomic mass is 10.2. The number of hydrogen-bond donors (Lipinski definition) is 2. The summed E-state index contributed by atoms with van der Waals surface area (Å²) in [6.45, 7) is 0. The van der Waals surface area contributed by atoms with Crippen LogP contribution < -0.4 is 10.6 Å². The molecule has 2 heterocycles. The van der Waals surface area contributed by atoms with Crippen LogP contribution in [0.3, 0.4) is 0 Å². The Morgan fingerprint density at radius 1 is 1.35 bits per heavy atom. The minimum absolute atomic E-state index is 0.0414. The number of nitrogens with zero attached hydrogens (tertiary/aromatic N) is 2. The summed E-state index contributed by atoms with van der Waals surface area (Å²) in [5.41, 5.74) is 0.393. The summed E-state index contributed by atoms with van der Waals surface area (Å²) in [6.07, 6.45) is 2.89. The number of carbonyl (C=O) groups is 2. The zero-order valence-corrected chi connectivity index (χ0v) is 15.4. The standard InChI is InChI=1S/C16H12Cl2N4O3S/c17-10-4-1-5-11(14(10)18)20-13(23)7-12-15(24)21-16(26-12)22-19-8-9-3-2-6-25-9/h1-6,8,12H,7H2,(H,20,23)(H,21,22,24)/b19-8-/t12-/m1/s1. The van der Waals surface area contributed by atoms with E-state index in [0.717, 1.165) is 11.8 Å². The molecular weight excluding hydrogens is 399 g/mol. The highest BCUT2D eigenvalue weighted by Gasteiger charge is 2.32. The zero-order chi connectivity index (χ0) is 18.5. The summed E-state index contributed by atoms with van der Waals surface area (Å²) < 4.78 is 5.08. The predicted octanol–water partition coefficient (Wildman–Crippen LogP) is 3.54. The molecule has 0 radical (unpaired) electrons. The zero-order valence-electron chi connectivity index (χ0n) is 13.1. The van der Waals surface area contributed by atoms with Crippen LogP contribution in [0.25, 0.3) is 0 Å². The van der Waals surface area contributed by atoms with Gasteiger partial charge in [-0.15, -0.1) is 5.10 Å². The highest BCUT2D eigenvalue weighted by Crippen LogP contribution is 2.30. The van der Waals surface area contributed by atoms with Crippen molar-refractivity contribution >= 4 is 63.8 Å². The molecule has 3 rings (SSSR count). The molecule has 0 spiro atoms. The number of nitrogens with one attached hydrogen (secondary N) is 2. The van der Waals surface area contributed by atoms with Gasteiger partial charge in [0, 0.05) is 6.42 Å². The second-order valence-electron chi connectivity index (χ2n) is 5.11. The summed E-state index contributed by atoms with van der Waals surface area (Å²) in [5, 5.41) is 13.3. The third-order valence-electron chi connectivity index (χ3n) is 3.25. The van der Waals surface area contributed by atoms with E-state index in [1.165, 1.54) is 12.5 Å². The number of rotatable bonds is 5. The SMILES string of the molecule is O=C(C[C@H]1S/C(=N/N=C\c2ccco2)NC1=O)Nc1cccc(Cl)c1Cl. The highest BCUT2D eigenvalue weighted by molar-refractivity contribution is 8.15. The van der Waals surface area contributed by atoms with E-state index in [4.69, 9.17) is 27.6 Å². The molecule has 0 saturated carbocycles. The minimum Gasteiger partial charge on any atom is -0.463 e. The van der Waals surface area contributed by atoms with E-state index in [2.05, 4.69) is 20.8 Å². The summed E-state index contributed by atoms with van der Waals surface area (Å²) in [5.74, 6) is -0.130. The number of benzene rings is 1. The normalized spacial score (nSPS) is 18.5. The van der Waals surface area contributed by atoms with Gasteiger partial charge in [-0.2, -0.15) is 5.10 Å². The Hall–Kier alpha value is -2.29. The number of halogens is 2. The molecule has 10 heteroatoms. The average molecular weight is 411 g/mol. The molecule has 1 atom stereocenters. The minimum atomic E-state index is -0.606. The van der Waals surface area contributed by atoms with Crippen LogP contribution in [-0.4, -0.2) is 28.4 Å². The third-order valence-corrected chi connectivity index (χ3v) is 5.14. The third kappa shape index (κ3) is 4.66. The number of amides is 2. The summed E-state index contributed by atoms with van der Waals surface area (Å²) in [7, 11) is 0. The van der Waals surface area contributed by atoms with Crippen molar-refractivity contribution < 1.29 is 14.0 Å². The van der Waals surface area contributed by atoms with Gasteiger partial charge in [-0.3, -0.25) is 9.59 Å². The smallest absolute Gasteiger partial charge is 0.240 e. The van der Waals surface area contributed by atoms with Gasteiger partial charge in [-0.1, -0.05) is 41.0 Å². The maximum absolute atomic E-state index is 12.2. The molecule has 1 aliphatic heterocycles. The Balaban J connectivity index is 1.57. The molecule has 1 aromatic carbocycles. The van der Waals surface area contributed by atoms with Crippen molar-refractivity contribution in [1.29, 1.82) is 0 Å². The van der Waals surface area contributed by atoms with E-state index in [1.54, 1.807) is 30.3 Å². The van der Waals surface area contributed by atoms with Crippen LogP contribution in [0.4, 0.5) is 5.69 Å². The van der Waals surface area contributed by atoms with E-state index < -0.39 is 5.25 Å². The number of carbonyl (C=O) groups excluding carboxylic acids is 2. The second-order valence-corrected chi connectivity index (χ2v) is 7.09. The van der Waals surface area contributed by atoms with Crippen LogP contribution >= 0.6 is 35.0 Å². The van der Waals surface area contributed by atoms with Crippen LogP contribution in [0.5, 0.6) is 0 Å². The van der Waals surface area contributed by atoms with Crippen LogP contribution in [0, 0.1) is 0 Å². The van der Waals surface area contributed by atoms with Crippen molar-refractivity contribution in [2.24, 2.45) is 10.2 Å². The van der Waals surface area contributed by atoms with Crippen molar-refractivity contribution in [3.63, 3.8) is 0 Å². The van der Waals surface area contributed by atoms with Gasteiger partial charge in [0.05, 0.1) is 28.2 Å². The Bertz CT molecular complexity index is 884. The average Bonchev–Trinajstić information content (AvgIpc) is 3.22. The number of amidine groups is 1. The highest BCUT2D eigenvalue weighted by atomic mass is 35.5.